The predicted octanol–water partition coefficient (Wildman–Crippen LogP) is 5.05. The molecule has 26 heavy (non-hydrogen) atoms. The zero-order chi connectivity index (χ0) is 18.7. The lowest BCUT2D eigenvalue weighted by Gasteiger charge is -2.13. The third-order valence-electron chi connectivity index (χ3n) is 3.69. The number of hydrogen-bond donors (Lipinski definition) is 2. The van der Waals surface area contributed by atoms with Gasteiger partial charge in [-0.05, 0) is 36.4 Å². The maximum atomic E-state index is 12.2. The van der Waals surface area contributed by atoms with Crippen LogP contribution in [-0.2, 0) is 7.05 Å². The van der Waals surface area contributed by atoms with Gasteiger partial charge in [0.1, 0.15) is 5.75 Å². The van der Waals surface area contributed by atoms with Gasteiger partial charge in [0.15, 0.2) is 0 Å². The Morgan fingerprint density at radius 1 is 1.12 bits per heavy atom. The van der Waals surface area contributed by atoms with Gasteiger partial charge in [0, 0.05) is 29.0 Å². The van der Waals surface area contributed by atoms with Gasteiger partial charge in [-0.1, -0.05) is 29.3 Å². The minimum atomic E-state index is -0.389. The van der Waals surface area contributed by atoms with Crippen LogP contribution in [0.2, 0.25) is 10.0 Å². The normalized spacial score (nSPS) is 10.5. The van der Waals surface area contributed by atoms with Crippen LogP contribution in [0.4, 0.5) is 16.2 Å². The number of amides is 2. The largest absolute Gasteiger partial charge is 0.496 e. The van der Waals surface area contributed by atoms with Gasteiger partial charge < -0.3 is 15.4 Å². The number of aryl methyl sites for hydroxylation is 1. The summed E-state index contributed by atoms with van der Waals surface area (Å²) in [7, 11) is 3.36. The Morgan fingerprint density at radius 2 is 1.85 bits per heavy atom. The number of urea groups is 1. The molecule has 0 atom stereocenters. The average Bonchev–Trinajstić information content (AvgIpc) is 2.93. The van der Waals surface area contributed by atoms with Crippen molar-refractivity contribution in [1.82, 2.24) is 9.78 Å². The maximum absolute atomic E-state index is 12.2. The molecule has 2 amide bonds. The van der Waals surface area contributed by atoms with Crippen LogP contribution >= 0.6 is 23.2 Å². The fourth-order valence-corrected chi connectivity index (χ4v) is 3.00. The monoisotopic (exact) mass is 390 g/mol. The quantitative estimate of drug-likeness (QED) is 0.654. The van der Waals surface area contributed by atoms with Gasteiger partial charge in [-0.15, -0.1) is 0 Å². The number of benzene rings is 2. The topological polar surface area (TPSA) is 68.2 Å². The van der Waals surface area contributed by atoms with E-state index in [4.69, 9.17) is 27.9 Å². The first-order valence-electron chi connectivity index (χ1n) is 7.67. The van der Waals surface area contributed by atoms with E-state index >= 15 is 0 Å². The molecule has 1 heterocycles. The zero-order valence-electron chi connectivity index (χ0n) is 14.1. The number of halogens is 2. The van der Waals surface area contributed by atoms with E-state index in [0.717, 1.165) is 5.56 Å². The molecule has 2 N–H and O–H groups in total. The van der Waals surface area contributed by atoms with Crippen molar-refractivity contribution in [3.63, 3.8) is 0 Å². The first-order valence-corrected chi connectivity index (χ1v) is 8.43. The first kappa shape index (κ1) is 18.1. The maximum Gasteiger partial charge on any atom is 0.323 e. The van der Waals surface area contributed by atoms with E-state index in [1.165, 1.54) is 0 Å². The van der Waals surface area contributed by atoms with Crippen LogP contribution in [0.5, 0.6) is 5.75 Å². The van der Waals surface area contributed by atoms with Gasteiger partial charge >= 0.3 is 6.03 Å². The SMILES string of the molecule is COc1ccc(NC(=O)Nc2cccc(Cl)c2)cc1-c1c(Cl)cnn1C. The molecule has 0 aliphatic carbocycles. The summed E-state index contributed by atoms with van der Waals surface area (Å²) < 4.78 is 7.05. The van der Waals surface area contributed by atoms with Crippen LogP contribution in [0.3, 0.4) is 0 Å². The molecule has 0 spiro atoms. The number of methoxy groups -OCH3 is 1. The second-order valence-corrected chi connectivity index (χ2v) is 6.31. The van der Waals surface area contributed by atoms with Crippen LogP contribution in [0.25, 0.3) is 11.3 Å². The van der Waals surface area contributed by atoms with Crippen molar-refractivity contribution in [1.29, 1.82) is 0 Å². The molecule has 2 aromatic carbocycles. The number of hydrogen-bond acceptors (Lipinski definition) is 3. The van der Waals surface area contributed by atoms with Crippen molar-refractivity contribution < 1.29 is 9.53 Å². The molecule has 0 saturated heterocycles. The number of carbonyl (C=O) groups is 1. The smallest absolute Gasteiger partial charge is 0.323 e. The van der Waals surface area contributed by atoms with Gasteiger partial charge in [0.25, 0.3) is 0 Å². The highest BCUT2D eigenvalue weighted by Crippen LogP contribution is 2.36. The molecule has 0 radical (unpaired) electrons. The second kappa shape index (κ2) is 7.68. The second-order valence-electron chi connectivity index (χ2n) is 5.47. The van der Waals surface area contributed by atoms with Crippen LogP contribution < -0.4 is 15.4 Å². The molecule has 3 aromatic rings. The summed E-state index contributed by atoms with van der Waals surface area (Å²) >= 11 is 12.2. The van der Waals surface area contributed by atoms with Crippen molar-refractivity contribution in [2.75, 3.05) is 17.7 Å². The van der Waals surface area contributed by atoms with E-state index in [2.05, 4.69) is 15.7 Å². The molecule has 0 bridgehead atoms. The number of ether oxygens (including phenoxy) is 1. The third kappa shape index (κ3) is 3.92. The number of rotatable bonds is 4. The van der Waals surface area contributed by atoms with E-state index in [1.54, 1.807) is 67.5 Å². The van der Waals surface area contributed by atoms with Gasteiger partial charge in [0.05, 0.1) is 24.0 Å². The highest BCUT2D eigenvalue weighted by molar-refractivity contribution is 6.33. The average molecular weight is 391 g/mol. The summed E-state index contributed by atoms with van der Waals surface area (Å²) in [4.78, 5) is 12.2. The van der Waals surface area contributed by atoms with Crippen molar-refractivity contribution in [2.24, 2.45) is 7.05 Å². The predicted molar refractivity (Wildman–Crippen MR) is 104 cm³/mol. The molecule has 1 aromatic heterocycles. The van der Waals surface area contributed by atoms with Crippen LogP contribution in [0.1, 0.15) is 0 Å². The number of carbonyl (C=O) groups excluding carboxylic acids is 1. The minimum Gasteiger partial charge on any atom is -0.496 e. The fraction of sp³-hybridized carbons (Fsp3) is 0.111. The van der Waals surface area contributed by atoms with Crippen molar-refractivity contribution in [3.05, 3.63) is 58.7 Å². The number of nitrogens with zero attached hydrogens (tertiary/aromatic N) is 2. The molecule has 6 nitrogen and oxygen atoms in total. The minimum absolute atomic E-state index is 0.389. The molecule has 0 saturated carbocycles. The summed E-state index contributed by atoms with van der Waals surface area (Å²) in [6, 6.07) is 11.8. The zero-order valence-corrected chi connectivity index (χ0v) is 15.6. The fourth-order valence-electron chi connectivity index (χ4n) is 2.54. The molecule has 0 aliphatic rings. The van der Waals surface area contributed by atoms with E-state index < -0.39 is 0 Å². The van der Waals surface area contributed by atoms with E-state index in [1.807, 2.05) is 0 Å². The van der Waals surface area contributed by atoms with Gasteiger partial charge in [-0.3, -0.25) is 4.68 Å². The van der Waals surface area contributed by atoms with Gasteiger partial charge in [0.2, 0.25) is 0 Å². The molecule has 3 rings (SSSR count). The Hall–Kier alpha value is -2.70. The summed E-state index contributed by atoms with van der Waals surface area (Å²) in [6.07, 6.45) is 1.56. The van der Waals surface area contributed by atoms with Crippen molar-refractivity contribution >= 4 is 40.6 Å². The summed E-state index contributed by atoms with van der Waals surface area (Å²) in [6.45, 7) is 0. The Labute approximate surface area is 160 Å². The van der Waals surface area contributed by atoms with E-state index in [9.17, 15) is 4.79 Å². The highest BCUT2D eigenvalue weighted by Gasteiger charge is 2.15. The Balaban J connectivity index is 1.85. The van der Waals surface area contributed by atoms with Crippen molar-refractivity contribution in [3.8, 4) is 17.0 Å². The lowest BCUT2D eigenvalue weighted by molar-refractivity contribution is 0.262. The Kier molecular flexibility index (Phi) is 5.35. The first-order chi connectivity index (χ1) is 12.5. The van der Waals surface area contributed by atoms with Crippen LogP contribution in [0, 0.1) is 0 Å². The van der Waals surface area contributed by atoms with Crippen LogP contribution in [-0.4, -0.2) is 22.9 Å². The lowest BCUT2D eigenvalue weighted by Crippen LogP contribution is -2.19. The standard InChI is InChI=1S/C18H16Cl2N4O2/c1-24-17(15(20)10-21-24)14-9-13(6-7-16(14)26-2)23-18(25)22-12-5-3-4-11(19)8-12/h3-10H,1-2H3,(H2,22,23,25). The lowest BCUT2D eigenvalue weighted by atomic mass is 10.1. The van der Waals surface area contributed by atoms with E-state index in [-0.39, 0.29) is 6.03 Å². The van der Waals surface area contributed by atoms with E-state index in [0.29, 0.717) is 32.9 Å². The number of anilines is 2. The number of nitrogens with one attached hydrogen (secondary N) is 2. The molecule has 8 heteroatoms. The molecular formula is C18H16Cl2N4O2. The highest BCUT2D eigenvalue weighted by atomic mass is 35.5. The van der Waals surface area contributed by atoms with Crippen molar-refractivity contribution in [2.45, 2.75) is 0 Å². The molecule has 0 unspecified atom stereocenters. The van der Waals surface area contributed by atoms with Crippen LogP contribution in [0.15, 0.2) is 48.7 Å². The number of aromatic nitrogens is 2. The Bertz CT molecular complexity index is 937. The molecular weight excluding hydrogens is 375 g/mol. The van der Waals surface area contributed by atoms with Gasteiger partial charge in [-0.25, -0.2) is 4.79 Å². The van der Waals surface area contributed by atoms with Gasteiger partial charge in [-0.2, -0.15) is 5.10 Å². The molecule has 134 valence electrons. The molecule has 0 aliphatic heterocycles. The Morgan fingerprint density at radius 3 is 2.46 bits per heavy atom. The third-order valence-corrected chi connectivity index (χ3v) is 4.20. The summed E-state index contributed by atoms with van der Waals surface area (Å²) in [5.41, 5.74) is 2.59. The molecule has 0 fully saturated rings. The summed E-state index contributed by atoms with van der Waals surface area (Å²) in [5.74, 6) is 0.622. The summed E-state index contributed by atoms with van der Waals surface area (Å²) in [5, 5.41) is 10.7.